The van der Waals surface area contributed by atoms with Crippen LogP contribution in [0.15, 0.2) is 48.5 Å². The van der Waals surface area contributed by atoms with Gasteiger partial charge in [0.15, 0.2) is 11.5 Å². The zero-order valence-electron chi connectivity index (χ0n) is 16.2. The fraction of sp³-hybridized carbons (Fsp3) is 0.455. The largest absolute Gasteiger partial charge is 0.493 e. The van der Waals surface area contributed by atoms with Crippen molar-refractivity contribution < 1.29 is 14.2 Å². The number of morpholine rings is 1. The quantitative estimate of drug-likeness (QED) is 0.651. The first-order valence-electron chi connectivity index (χ1n) is 9.69. The summed E-state index contributed by atoms with van der Waals surface area (Å²) in [6, 6.07) is 16.3. The highest BCUT2D eigenvalue weighted by Gasteiger charge is 2.09. The second-order valence-corrected chi connectivity index (χ2v) is 6.74. The van der Waals surface area contributed by atoms with Gasteiger partial charge in [0.2, 0.25) is 0 Å². The molecule has 5 nitrogen and oxygen atoms in total. The normalized spacial score (nSPS) is 14.9. The van der Waals surface area contributed by atoms with E-state index in [-0.39, 0.29) is 0 Å². The average Bonchev–Trinajstić information content (AvgIpc) is 2.74. The van der Waals surface area contributed by atoms with Gasteiger partial charge in [0.05, 0.1) is 20.3 Å². The van der Waals surface area contributed by atoms with E-state index in [1.165, 1.54) is 5.56 Å². The second kappa shape index (κ2) is 10.9. The van der Waals surface area contributed by atoms with Gasteiger partial charge in [-0.2, -0.15) is 0 Å². The molecule has 2 aromatic carbocycles. The minimum absolute atomic E-state index is 0.538. The molecule has 1 saturated heterocycles. The minimum Gasteiger partial charge on any atom is -0.493 e. The minimum atomic E-state index is 0.538. The predicted molar refractivity (Wildman–Crippen MR) is 107 cm³/mol. The molecular formula is C22H30N2O3. The van der Waals surface area contributed by atoms with Crippen molar-refractivity contribution in [3.8, 4) is 11.5 Å². The summed E-state index contributed by atoms with van der Waals surface area (Å²) in [5.41, 5.74) is 2.34. The van der Waals surface area contributed by atoms with E-state index in [2.05, 4.69) is 34.5 Å². The summed E-state index contributed by atoms with van der Waals surface area (Å²) in [4.78, 5) is 2.47. The van der Waals surface area contributed by atoms with Crippen LogP contribution in [0.3, 0.4) is 0 Å². The lowest BCUT2D eigenvalue weighted by atomic mass is 10.2. The zero-order valence-corrected chi connectivity index (χ0v) is 16.2. The molecule has 3 rings (SSSR count). The SMILES string of the molecule is COc1cc(CNCCCN2CCOCC2)ccc1OCc1ccccc1. The third-order valence-electron chi connectivity index (χ3n) is 4.73. The van der Waals surface area contributed by atoms with Gasteiger partial charge in [0.25, 0.3) is 0 Å². The Hall–Kier alpha value is -2.08. The molecule has 0 unspecified atom stereocenters. The Balaban J connectivity index is 1.41. The Morgan fingerprint density at radius 2 is 1.81 bits per heavy atom. The maximum atomic E-state index is 5.92. The van der Waals surface area contributed by atoms with Gasteiger partial charge in [0.1, 0.15) is 6.61 Å². The topological polar surface area (TPSA) is 43.0 Å². The summed E-state index contributed by atoms with van der Waals surface area (Å²) < 4.78 is 16.8. The van der Waals surface area contributed by atoms with E-state index in [0.717, 1.165) is 69.4 Å². The Kier molecular flexibility index (Phi) is 7.96. The number of methoxy groups -OCH3 is 1. The van der Waals surface area contributed by atoms with Crippen molar-refractivity contribution in [3.63, 3.8) is 0 Å². The molecule has 0 atom stereocenters. The van der Waals surface area contributed by atoms with E-state index in [1.807, 2.05) is 24.3 Å². The van der Waals surface area contributed by atoms with Crippen molar-refractivity contribution in [1.29, 1.82) is 0 Å². The molecule has 0 saturated carbocycles. The van der Waals surface area contributed by atoms with Gasteiger partial charge < -0.3 is 19.5 Å². The molecule has 0 amide bonds. The lowest BCUT2D eigenvalue weighted by Crippen LogP contribution is -2.37. The van der Waals surface area contributed by atoms with Crippen LogP contribution < -0.4 is 14.8 Å². The van der Waals surface area contributed by atoms with Crippen molar-refractivity contribution in [1.82, 2.24) is 10.2 Å². The average molecular weight is 370 g/mol. The van der Waals surface area contributed by atoms with Crippen LogP contribution in [0, 0.1) is 0 Å². The number of nitrogens with one attached hydrogen (secondary N) is 1. The van der Waals surface area contributed by atoms with E-state index in [9.17, 15) is 0 Å². The van der Waals surface area contributed by atoms with E-state index in [0.29, 0.717) is 6.61 Å². The maximum absolute atomic E-state index is 5.92. The molecular weight excluding hydrogens is 340 g/mol. The third-order valence-corrected chi connectivity index (χ3v) is 4.73. The van der Waals surface area contributed by atoms with Crippen LogP contribution in [0.2, 0.25) is 0 Å². The molecule has 0 spiro atoms. The lowest BCUT2D eigenvalue weighted by Gasteiger charge is -2.26. The van der Waals surface area contributed by atoms with Crippen molar-refractivity contribution >= 4 is 0 Å². The first kappa shape index (κ1) is 19.7. The standard InChI is InChI=1S/C22H30N2O3/c1-25-22-16-20(17-23-10-5-11-24-12-14-26-15-13-24)8-9-21(22)27-18-19-6-3-2-4-7-19/h2-4,6-9,16,23H,5,10-15,17-18H2,1H3. The van der Waals surface area contributed by atoms with Crippen LogP contribution in [0.1, 0.15) is 17.5 Å². The van der Waals surface area contributed by atoms with E-state index < -0.39 is 0 Å². The molecule has 1 N–H and O–H groups in total. The maximum Gasteiger partial charge on any atom is 0.161 e. The van der Waals surface area contributed by atoms with E-state index in [1.54, 1.807) is 7.11 Å². The fourth-order valence-electron chi connectivity index (χ4n) is 3.16. The summed E-state index contributed by atoms with van der Waals surface area (Å²) in [5.74, 6) is 1.55. The van der Waals surface area contributed by atoms with Gasteiger partial charge >= 0.3 is 0 Å². The number of nitrogens with zero attached hydrogens (tertiary/aromatic N) is 1. The highest BCUT2D eigenvalue weighted by Crippen LogP contribution is 2.28. The van der Waals surface area contributed by atoms with Gasteiger partial charge in [-0.25, -0.2) is 0 Å². The smallest absolute Gasteiger partial charge is 0.161 e. The Morgan fingerprint density at radius 1 is 1.00 bits per heavy atom. The van der Waals surface area contributed by atoms with Crippen LogP contribution >= 0.6 is 0 Å². The van der Waals surface area contributed by atoms with Gasteiger partial charge in [0, 0.05) is 19.6 Å². The molecule has 146 valence electrons. The van der Waals surface area contributed by atoms with Crippen LogP contribution in [-0.4, -0.2) is 51.4 Å². The van der Waals surface area contributed by atoms with Crippen molar-refractivity contribution in [2.45, 2.75) is 19.6 Å². The highest BCUT2D eigenvalue weighted by molar-refractivity contribution is 5.43. The third kappa shape index (κ3) is 6.54. The summed E-state index contributed by atoms with van der Waals surface area (Å²) in [5, 5.41) is 3.52. The molecule has 5 heteroatoms. The molecule has 0 radical (unpaired) electrons. The van der Waals surface area contributed by atoms with E-state index in [4.69, 9.17) is 14.2 Å². The Labute approximate surface area is 162 Å². The number of hydrogen-bond donors (Lipinski definition) is 1. The van der Waals surface area contributed by atoms with Crippen molar-refractivity contribution in [3.05, 3.63) is 59.7 Å². The summed E-state index contributed by atoms with van der Waals surface area (Å²) in [7, 11) is 1.68. The molecule has 1 aliphatic heterocycles. The molecule has 1 fully saturated rings. The van der Waals surface area contributed by atoms with Crippen molar-refractivity contribution in [2.75, 3.05) is 46.5 Å². The number of hydrogen-bond acceptors (Lipinski definition) is 5. The first-order chi connectivity index (χ1) is 13.3. The molecule has 0 aromatic heterocycles. The monoisotopic (exact) mass is 370 g/mol. The summed E-state index contributed by atoms with van der Waals surface area (Å²) >= 11 is 0. The van der Waals surface area contributed by atoms with Gasteiger partial charge in [-0.05, 0) is 42.8 Å². The molecule has 0 bridgehead atoms. The lowest BCUT2D eigenvalue weighted by molar-refractivity contribution is 0.0374. The molecule has 1 heterocycles. The number of ether oxygens (including phenoxy) is 3. The van der Waals surface area contributed by atoms with Gasteiger partial charge in [-0.15, -0.1) is 0 Å². The van der Waals surface area contributed by atoms with Crippen molar-refractivity contribution in [2.24, 2.45) is 0 Å². The molecule has 2 aromatic rings. The molecule has 27 heavy (non-hydrogen) atoms. The summed E-state index contributed by atoms with van der Waals surface area (Å²) in [6.07, 6.45) is 1.15. The molecule has 0 aliphatic carbocycles. The van der Waals surface area contributed by atoms with Gasteiger partial charge in [-0.1, -0.05) is 36.4 Å². The molecule has 1 aliphatic rings. The number of benzene rings is 2. The Morgan fingerprint density at radius 3 is 2.59 bits per heavy atom. The highest BCUT2D eigenvalue weighted by atomic mass is 16.5. The zero-order chi connectivity index (χ0) is 18.7. The summed E-state index contributed by atoms with van der Waals surface area (Å²) in [6.45, 7) is 7.35. The number of rotatable bonds is 10. The predicted octanol–water partition coefficient (Wildman–Crippen LogP) is 3.09. The van der Waals surface area contributed by atoms with Crippen LogP contribution in [0.25, 0.3) is 0 Å². The fourth-order valence-corrected chi connectivity index (χ4v) is 3.16. The first-order valence-corrected chi connectivity index (χ1v) is 9.69. The van der Waals surface area contributed by atoms with Crippen LogP contribution in [0.5, 0.6) is 11.5 Å². The van der Waals surface area contributed by atoms with Crippen LogP contribution in [0.4, 0.5) is 0 Å². The Bertz CT molecular complexity index is 673. The van der Waals surface area contributed by atoms with Gasteiger partial charge in [-0.3, -0.25) is 4.90 Å². The van der Waals surface area contributed by atoms with Crippen LogP contribution in [-0.2, 0) is 17.9 Å². The second-order valence-electron chi connectivity index (χ2n) is 6.74. The van der Waals surface area contributed by atoms with E-state index >= 15 is 0 Å².